The number of carbonyl (C=O) groups is 2. The van der Waals surface area contributed by atoms with Gasteiger partial charge in [-0.2, -0.15) is 0 Å². The number of amides is 1. The van der Waals surface area contributed by atoms with Gasteiger partial charge in [-0.1, -0.05) is 29.3 Å². The molecule has 2 aromatic carbocycles. The highest BCUT2D eigenvalue weighted by Gasteiger charge is 2.11. The van der Waals surface area contributed by atoms with Crippen molar-refractivity contribution in [3.63, 3.8) is 0 Å². The van der Waals surface area contributed by atoms with Crippen molar-refractivity contribution < 1.29 is 14.7 Å². The van der Waals surface area contributed by atoms with Crippen LogP contribution in [-0.4, -0.2) is 17.0 Å². The molecule has 0 fully saturated rings. The first kappa shape index (κ1) is 15.4. The Balaban J connectivity index is 2.27. The molecule has 0 saturated heterocycles. The zero-order valence-electron chi connectivity index (χ0n) is 11.0. The Hall–Kier alpha value is -2.04. The van der Waals surface area contributed by atoms with E-state index < -0.39 is 11.9 Å². The third kappa shape index (κ3) is 3.74. The molecule has 1 amide bonds. The maximum atomic E-state index is 12.1. The summed E-state index contributed by atoms with van der Waals surface area (Å²) in [6.07, 6.45) is 0. The molecule has 108 valence electrons. The minimum Gasteiger partial charge on any atom is -0.478 e. The molecular formula is C15H11Cl2NO3. The summed E-state index contributed by atoms with van der Waals surface area (Å²) in [5.41, 5.74) is 1.55. The number of nitrogens with one attached hydrogen (secondary N) is 1. The first-order valence-corrected chi connectivity index (χ1v) is 6.74. The SMILES string of the molecule is Cc1ccc(C(=O)Nc2cc(Cl)cc(C(=O)O)c2)cc1Cl. The first-order valence-electron chi connectivity index (χ1n) is 5.98. The molecule has 2 N–H and O–H groups in total. The maximum absolute atomic E-state index is 12.1. The number of aromatic carboxylic acids is 1. The Morgan fingerprint density at radius 3 is 2.38 bits per heavy atom. The van der Waals surface area contributed by atoms with Crippen LogP contribution in [0.2, 0.25) is 10.0 Å². The second-order valence-electron chi connectivity index (χ2n) is 4.45. The summed E-state index contributed by atoms with van der Waals surface area (Å²) >= 11 is 11.8. The van der Waals surface area contributed by atoms with Crippen LogP contribution in [0.5, 0.6) is 0 Å². The summed E-state index contributed by atoms with van der Waals surface area (Å²) in [5.74, 6) is -1.51. The highest BCUT2D eigenvalue weighted by Crippen LogP contribution is 2.21. The minimum atomic E-state index is -1.12. The molecule has 2 aromatic rings. The van der Waals surface area contributed by atoms with Crippen LogP contribution >= 0.6 is 23.2 Å². The molecule has 0 aromatic heterocycles. The van der Waals surface area contributed by atoms with Crippen LogP contribution in [0, 0.1) is 6.92 Å². The van der Waals surface area contributed by atoms with Gasteiger partial charge >= 0.3 is 5.97 Å². The molecule has 21 heavy (non-hydrogen) atoms. The van der Waals surface area contributed by atoms with E-state index in [9.17, 15) is 9.59 Å². The fraction of sp³-hybridized carbons (Fsp3) is 0.0667. The highest BCUT2D eigenvalue weighted by molar-refractivity contribution is 6.32. The Morgan fingerprint density at radius 1 is 1.05 bits per heavy atom. The molecule has 0 atom stereocenters. The predicted molar refractivity (Wildman–Crippen MR) is 82.6 cm³/mol. The number of benzene rings is 2. The Kier molecular flexibility index (Phi) is 4.50. The van der Waals surface area contributed by atoms with E-state index in [-0.39, 0.29) is 10.6 Å². The second kappa shape index (κ2) is 6.16. The molecule has 0 spiro atoms. The second-order valence-corrected chi connectivity index (χ2v) is 5.30. The zero-order chi connectivity index (χ0) is 15.6. The number of hydrogen-bond donors (Lipinski definition) is 2. The summed E-state index contributed by atoms with van der Waals surface area (Å²) in [5, 5.41) is 12.3. The molecule has 0 aliphatic rings. The van der Waals surface area contributed by atoms with Gasteiger partial charge in [-0.3, -0.25) is 4.79 Å². The average molecular weight is 324 g/mol. The van der Waals surface area contributed by atoms with Crippen molar-refractivity contribution >= 4 is 40.8 Å². The van der Waals surface area contributed by atoms with E-state index in [4.69, 9.17) is 28.3 Å². The number of carbonyl (C=O) groups excluding carboxylic acids is 1. The van der Waals surface area contributed by atoms with Crippen molar-refractivity contribution in [2.24, 2.45) is 0 Å². The van der Waals surface area contributed by atoms with Crippen LogP contribution in [0.1, 0.15) is 26.3 Å². The van der Waals surface area contributed by atoms with Crippen LogP contribution in [0.15, 0.2) is 36.4 Å². The molecule has 4 nitrogen and oxygen atoms in total. The molecule has 0 saturated carbocycles. The molecule has 0 aliphatic heterocycles. The Morgan fingerprint density at radius 2 is 1.76 bits per heavy atom. The van der Waals surface area contributed by atoms with Crippen LogP contribution in [0.3, 0.4) is 0 Å². The highest BCUT2D eigenvalue weighted by atomic mass is 35.5. The van der Waals surface area contributed by atoms with Gasteiger partial charge in [-0.25, -0.2) is 4.79 Å². The third-order valence-corrected chi connectivity index (χ3v) is 3.46. The van der Waals surface area contributed by atoms with Gasteiger partial charge < -0.3 is 10.4 Å². The number of carboxylic acids is 1. The Labute approximate surface area is 131 Å². The minimum absolute atomic E-state index is 0.000242. The molecule has 0 bridgehead atoms. The van der Waals surface area contributed by atoms with Gasteiger partial charge in [0.1, 0.15) is 0 Å². The monoisotopic (exact) mass is 323 g/mol. The van der Waals surface area contributed by atoms with Gasteiger partial charge in [-0.05, 0) is 42.8 Å². The standard InChI is InChI=1S/C15H11Cl2NO3/c1-8-2-3-9(6-13(8)17)14(19)18-12-5-10(15(20)21)4-11(16)7-12/h2-7H,1H3,(H,18,19)(H,20,21). The number of carboxylic acid groups (broad SMARTS) is 1. The summed E-state index contributed by atoms with van der Waals surface area (Å²) in [6.45, 7) is 1.83. The lowest BCUT2D eigenvalue weighted by molar-refractivity contribution is 0.0696. The maximum Gasteiger partial charge on any atom is 0.335 e. The molecule has 0 aliphatic carbocycles. The van der Waals surface area contributed by atoms with Crippen LogP contribution in [0.25, 0.3) is 0 Å². The van der Waals surface area contributed by atoms with Crippen LogP contribution < -0.4 is 5.32 Å². The van der Waals surface area contributed by atoms with E-state index in [0.717, 1.165) is 5.56 Å². The van der Waals surface area contributed by atoms with Gasteiger partial charge in [0.15, 0.2) is 0 Å². The van der Waals surface area contributed by atoms with E-state index in [1.807, 2.05) is 6.92 Å². The quantitative estimate of drug-likeness (QED) is 0.887. The normalized spacial score (nSPS) is 10.2. The summed E-state index contributed by atoms with van der Waals surface area (Å²) < 4.78 is 0. The largest absolute Gasteiger partial charge is 0.478 e. The fourth-order valence-electron chi connectivity index (χ4n) is 1.72. The molecule has 0 heterocycles. The van der Waals surface area contributed by atoms with Gasteiger partial charge in [0.25, 0.3) is 5.91 Å². The lowest BCUT2D eigenvalue weighted by atomic mass is 10.1. The van der Waals surface area contributed by atoms with Crippen molar-refractivity contribution in [1.82, 2.24) is 0 Å². The van der Waals surface area contributed by atoms with Gasteiger partial charge in [0.05, 0.1) is 5.56 Å². The smallest absolute Gasteiger partial charge is 0.335 e. The van der Waals surface area contributed by atoms with Gasteiger partial charge in [0, 0.05) is 21.3 Å². The van der Waals surface area contributed by atoms with Crippen molar-refractivity contribution in [3.8, 4) is 0 Å². The fourth-order valence-corrected chi connectivity index (χ4v) is 2.14. The lowest BCUT2D eigenvalue weighted by Crippen LogP contribution is -2.12. The molecule has 0 radical (unpaired) electrons. The summed E-state index contributed by atoms with van der Waals surface area (Å²) in [6, 6.07) is 9.04. The number of halogens is 2. The van der Waals surface area contributed by atoms with Gasteiger partial charge in [0.2, 0.25) is 0 Å². The molecule has 2 rings (SSSR count). The third-order valence-electron chi connectivity index (χ3n) is 2.84. The van der Waals surface area contributed by atoms with E-state index in [1.54, 1.807) is 18.2 Å². The molecule has 6 heteroatoms. The van der Waals surface area contributed by atoms with Crippen molar-refractivity contribution in [2.75, 3.05) is 5.32 Å². The first-order chi connectivity index (χ1) is 9.86. The molecule has 0 unspecified atom stereocenters. The number of hydrogen-bond acceptors (Lipinski definition) is 2. The van der Waals surface area contributed by atoms with Crippen LogP contribution in [-0.2, 0) is 0 Å². The molecular weight excluding hydrogens is 313 g/mol. The van der Waals surface area contributed by atoms with Crippen molar-refractivity contribution in [1.29, 1.82) is 0 Å². The van der Waals surface area contributed by atoms with Gasteiger partial charge in [-0.15, -0.1) is 0 Å². The topological polar surface area (TPSA) is 66.4 Å². The average Bonchev–Trinajstić information content (AvgIpc) is 2.41. The van der Waals surface area contributed by atoms with E-state index >= 15 is 0 Å². The predicted octanol–water partition coefficient (Wildman–Crippen LogP) is 4.25. The summed E-state index contributed by atoms with van der Waals surface area (Å²) in [7, 11) is 0. The zero-order valence-corrected chi connectivity index (χ0v) is 12.5. The van der Waals surface area contributed by atoms with E-state index in [2.05, 4.69) is 5.32 Å². The number of rotatable bonds is 3. The summed E-state index contributed by atoms with van der Waals surface area (Å²) in [4.78, 5) is 23.1. The number of aryl methyl sites for hydroxylation is 1. The van der Waals surface area contributed by atoms with Crippen molar-refractivity contribution in [3.05, 3.63) is 63.1 Å². The van der Waals surface area contributed by atoms with E-state index in [0.29, 0.717) is 16.3 Å². The van der Waals surface area contributed by atoms with Crippen LogP contribution in [0.4, 0.5) is 5.69 Å². The van der Waals surface area contributed by atoms with Crippen molar-refractivity contribution in [2.45, 2.75) is 6.92 Å². The van der Waals surface area contributed by atoms with E-state index in [1.165, 1.54) is 18.2 Å². The Bertz CT molecular complexity index is 729. The lowest BCUT2D eigenvalue weighted by Gasteiger charge is -2.08. The number of anilines is 1.